The number of ether oxygens (including phenoxy) is 1. The lowest BCUT2D eigenvalue weighted by Gasteiger charge is -2.22. The Morgan fingerprint density at radius 1 is 1.28 bits per heavy atom. The summed E-state index contributed by atoms with van der Waals surface area (Å²) >= 11 is 0. The molecule has 1 aromatic rings. The first-order valence-electron chi connectivity index (χ1n) is 6.63. The standard InChI is InChI=1S/C15H26N2O/c1-5-18-9-8-17(4)11-15(16)14-7-6-12(2)13(3)10-14/h6-7,10,15H,5,8-9,11,16H2,1-4H3. The van der Waals surface area contributed by atoms with Gasteiger partial charge in [-0.3, -0.25) is 0 Å². The van der Waals surface area contributed by atoms with Crippen LogP contribution >= 0.6 is 0 Å². The van der Waals surface area contributed by atoms with E-state index in [2.05, 4.69) is 44.0 Å². The van der Waals surface area contributed by atoms with Gasteiger partial charge in [0.1, 0.15) is 0 Å². The topological polar surface area (TPSA) is 38.5 Å². The molecule has 2 N–H and O–H groups in total. The maximum atomic E-state index is 6.24. The summed E-state index contributed by atoms with van der Waals surface area (Å²) in [7, 11) is 2.08. The van der Waals surface area contributed by atoms with E-state index in [1.165, 1.54) is 16.7 Å². The molecule has 0 bridgehead atoms. The molecule has 0 heterocycles. The molecule has 102 valence electrons. The highest BCUT2D eigenvalue weighted by molar-refractivity contribution is 5.31. The summed E-state index contributed by atoms with van der Waals surface area (Å²) < 4.78 is 5.34. The fourth-order valence-electron chi connectivity index (χ4n) is 1.89. The minimum Gasteiger partial charge on any atom is -0.380 e. The number of nitrogens with zero attached hydrogens (tertiary/aromatic N) is 1. The molecule has 1 aromatic carbocycles. The van der Waals surface area contributed by atoms with Crippen molar-refractivity contribution in [3.05, 3.63) is 34.9 Å². The van der Waals surface area contributed by atoms with Gasteiger partial charge in [-0.05, 0) is 44.5 Å². The van der Waals surface area contributed by atoms with Crippen LogP contribution in [-0.2, 0) is 4.74 Å². The van der Waals surface area contributed by atoms with Gasteiger partial charge in [0, 0.05) is 25.7 Å². The maximum Gasteiger partial charge on any atom is 0.0593 e. The Labute approximate surface area is 111 Å². The van der Waals surface area contributed by atoms with Gasteiger partial charge in [0.2, 0.25) is 0 Å². The number of rotatable bonds is 7. The van der Waals surface area contributed by atoms with Crippen LogP contribution in [-0.4, -0.2) is 38.3 Å². The van der Waals surface area contributed by atoms with Gasteiger partial charge in [0.05, 0.1) is 6.61 Å². The second kappa shape index (κ2) is 7.52. The molecule has 3 heteroatoms. The number of nitrogens with two attached hydrogens (primary N) is 1. The van der Waals surface area contributed by atoms with E-state index in [-0.39, 0.29) is 6.04 Å². The van der Waals surface area contributed by atoms with Crippen LogP contribution in [0.15, 0.2) is 18.2 Å². The molecular weight excluding hydrogens is 224 g/mol. The molecule has 0 aromatic heterocycles. The van der Waals surface area contributed by atoms with Crippen molar-refractivity contribution in [2.24, 2.45) is 5.73 Å². The zero-order chi connectivity index (χ0) is 13.5. The minimum atomic E-state index is 0.0657. The Bertz CT molecular complexity index is 366. The molecule has 0 saturated heterocycles. The second-order valence-electron chi connectivity index (χ2n) is 4.91. The molecule has 1 unspecified atom stereocenters. The summed E-state index contributed by atoms with van der Waals surface area (Å²) in [5.74, 6) is 0. The highest BCUT2D eigenvalue weighted by Crippen LogP contribution is 2.16. The van der Waals surface area contributed by atoms with E-state index in [1.807, 2.05) is 6.92 Å². The molecular formula is C15H26N2O. The maximum absolute atomic E-state index is 6.24. The molecule has 0 aliphatic carbocycles. The van der Waals surface area contributed by atoms with Gasteiger partial charge in [-0.1, -0.05) is 18.2 Å². The second-order valence-corrected chi connectivity index (χ2v) is 4.91. The first-order valence-corrected chi connectivity index (χ1v) is 6.63. The van der Waals surface area contributed by atoms with Crippen molar-refractivity contribution in [1.29, 1.82) is 0 Å². The zero-order valence-corrected chi connectivity index (χ0v) is 12.1. The minimum absolute atomic E-state index is 0.0657. The van der Waals surface area contributed by atoms with Crippen molar-refractivity contribution in [3.63, 3.8) is 0 Å². The monoisotopic (exact) mass is 250 g/mol. The number of hydrogen-bond acceptors (Lipinski definition) is 3. The zero-order valence-electron chi connectivity index (χ0n) is 12.1. The van der Waals surface area contributed by atoms with E-state index in [1.54, 1.807) is 0 Å². The summed E-state index contributed by atoms with van der Waals surface area (Å²) in [5.41, 5.74) is 10.1. The molecule has 0 spiro atoms. The van der Waals surface area contributed by atoms with Crippen molar-refractivity contribution in [2.75, 3.05) is 33.4 Å². The summed E-state index contributed by atoms with van der Waals surface area (Å²) in [5, 5.41) is 0. The van der Waals surface area contributed by atoms with Crippen molar-refractivity contribution in [2.45, 2.75) is 26.8 Å². The van der Waals surface area contributed by atoms with Gasteiger partial charge in [-0.2, -0.15) is 0 Å². The smallest absolute Gasteiger partial charge is 0.0593 e. The van der Waals surface area contributed by atoms with Crippen LogP contribution in [0, 0.1) is 13.8 Å². The number of hydrogen-bond donors (Lipinski definition) is 1. The van der Waals surface area contributed by atoms with E-state index >= 15 is 0 Å². The summed E-state index contributed by atoms with van der Waals surface area (Å²) in [6.45, 7) is 9.59. The van der Waals surface area contributed by atoms with Crippen LogP contribution < -0.4 is 5.73 Å². The van der Waals surface area contributed by atoms with Gasteiger partial charge < -0.3 is 15.4 Å². The van der Waals surface area contributed by atoms with E-state index in [9.17, 15) is 0 Å². The third-order valence-electron chi connectivity index (χ3n) is 3.29. The summed E-state index contributed by atoms with van der Waals surface area (Å²) in [6, 6.07) is 6.53. The predicted octanol–water partition coefficient (Wildman–Crippen LogP) is 2.27. The van der Waals surface area contributed by atoms with E-state index in [0.717, 1.165) is 26.3 Å². The van der Waals surface area contributed by atoms with Gasteiger partial charge in [-0.25, -0.2) is 0 Å². The fourth-order valence-corrected chi connectivity index (χ4v) is 1.89. The van der Waals surface area contributed by atoms with Crippen molar-refractivity contribution in [3.8, 4) is 0 Å². The molecule has 0 saturated carbocycles. The average molecular weight is 250 g/mol. The lowest BCUT2D eigenvalue weighted by Crippen LogP contribution is -2.31. The number of aryl methyl sites for hydroxylation is 2. The van der Waals surface area contributed by atoms with Gasteiger partial charge >= 0.3 is 0 Å². The Kier molecular flexibility index (Phi) is 6.33. The van der Waals surface area contributed by atoms with Crippen LogP contribution in [0.3, 0.4) is 0 Å². The molecule has 0 amide bonds. The average Bonchev–Trinajstić information content (AvgIpc) is 2.33. The van der Waals surface area contributed by atoms with Crippen LogP contribution in [0.2, 0.25) is 0 Å². The van der Waals surface area contributed by atoms with Gasteiger partial charge in [0.25, 0.3) is 0 Å². The highest BCUT2D eigenvalue weighted by atomic mass is 16.5. The van der Waals surface area contributed by atoms with Crippen molar-refractivity contribution in [1.82, 2.24) is 4.90 Å². The predicted molar refractivity (Wildman–Crippen MR) is 76.8 cm³/mol. The Morgan fingerprint density at radius 3 is 2.61 bits per heavy atom. The SMILES string of the molecule is CCOCCN(C)CC(N)c1ccc(C)c(C)c1. The highest BCUT2D eigenvalue weighted by Gasteiger charge is 2.09. The molecule has 3 nitrogen and oxygen atoms in total. The quantitative estimate of drug-likeness (QED) is 0.755. The number of likely N-dealkylation sites (N-methyl/N-ethyl adjacent to an activating group) is 1. The van der Waals surface area contributed by atoms with Crippen molar-refractivity contribution < 1.29 is 4.74 Å². The van der Waals surface area contributed by atoms with Gasteiger partial charge in [0.15, 0.2) is 0 Å². The molecule has 0 fully saturated rings. The third kappa shape index (κ3) is 4.77. The molecule has 1 rings (SSSR count). The van der Waals surface area contributed by atoms with E-state index in [0.29, 0.717) is 0 Å². The lowest BCUT2D eigenvalue weighted by atomic mass is 10.0. The normalized spacial score (nSPS) is 13.0. The number of benzene rings is 1. The third-order valence-corrected chi connectivity index (χ3v) is 3.29. The molecule has 0 aliphatic heterocycles. The van der Waals surface area contributed by atoms with Crippen LogP contribution in [0.1, 0.15) is 29.7 Å². The van der Waals surface area contributed by atoms with Crippen molar-refractivity contribution >= 4 is 0 Å². The fraction of sp³-hybridized carbons (Fsp3) is 0.600. The van der Waals surface area contributed by atoms with Crippen LogP contribution in [0.4, 0.5) is 0 Å². The molecule has 0 aliphatic rings. The largest absolute Gasteiger partial charge is 0.380 e. The van der Waals surface area contributed by atoms with Crippen LogP contribution in [0.5, 0.6) is 0 Å². The summed E-state index contributed by atoms with van der Waals surface area (Å²) in [4.78, 5) is 2.22. The van der Waals surface area contributed by atoms with E-state index < -0.39 is 0 Å². The lowest BCUT2D eigenvalue weighted by molar-refractivity contribution is 0.120. The van der Waals surface area contributed by atoms with Gasteiger partial charge in [-0.15, -0.1) is 0 Å². The first kappa shape index (κ1) is 15.2. The molecule has 0 radical (unpaired) electrons. The summed E-state index contributed by atoms with van der Waals surface area (Å²) in [6.07, 6.45) is 0. The first-order chi connectivity index (χ1) is 8.54. The Hall–Kier alpha value is -0.900. The molecule has 1 atom stereocenters. The van der Waals surface area contributed by atoms with Crippen LogP contribution in [0.25, 0.3) is 0 Å². The Balaban J connectivity index is 2.48. The Morgan fingerprint density at radius 2 is 2.00 bits per heavy atom. The van der Waals surface area contributed by atoms with E-state index in [4.69, 9.17) is 10.5 Å². The molecule has 18 heavy (non-hydrogen) atoms.